The van der Waals surface area contributed by atoms with E-state index in [1.807, 2.05) is 0 Å². The van der Waals surface area contributed by atoms with Crippen LogP contribution in [0.4, 0.5) is 0 Å². The summed E-state index contributed by atoms with van der Waals surface area (Å²) in [6.45, 7) is 0. The van der Waals surface area contributed by atoms with E-state index >= 15 is 0 Å². The minimum absolute atomic E-state index is 0. The normalized spacial score (nSPS) is 7.85. The van der Waals surface area contributed by atoms with Crippen LogP contribution in [0, 0.1) is 44.6 Å². The Balaban J connectivity index is 0. The Kier molecular flexibility index (Phi) is 8.87. The Labute approximate surface area is 107 Å². The average molecular weight is 423 g/mol. The van der Waals surface area contributed by atoms with Crippen LogP contribution in [0.1, 0.15) is 10.4 Å². The van der Waals surface area contributed by atoms with Crippen LogP contribution in [0.25, 0.3) is 0 Å². The predicted octanol–water partition coefficient (Wildman–Crippen LogP) is 2.32. The molecule has 1 rings (SSSR count). The number of hydrogen-bond donors (Lipinski definition) is 0. The number of ether oxygens (including phenoxy) is 1. The van der Waals surface area contributed by atoms with Crippen molar-refractivity contribution in [2.75, 3.05) is 7.11 Å². The van der Waals surface area contributed by atoms with Crippen LogP contribution in [0.2, 0.25) is 0 Å². The van der Waals surface area contributed by atoms with Crippen LogP contribution < -0.4 is 4.74 Å². The molecule has 0 aromatic heterocycles. The van der Waals surface area contributed by atoms with Gasteiger partial charge < -0.3 is 12.2 Å². The molecule has 0 aliphatic heterocycles. The summed E-state index contributed by atoms with van der Waals surface area (Å²) in [5, 5.41) is -0.489. The Morgan fingerprint density at radius 2 is 2.23 bits per heavy atom. The molecule has 4 heteroatoms. The molecule has 0 unspecified atom stereocenters. The Morgan fingerprint density at radius 3 is 2.69 bits per heavy atom. The van der Waals surface area contributed by atoms with E-state index in [9.17, 15) is 4.79 Å². The van der Waals surface area contributed by atoms with Crippen molar-refractivity contribution in [3.05, 3.63) is 37.3 Å². The van der Waals surface area contributed by atoms with Crippen molar-refractivity contribution in [3.8, 4) is 5.75 Å². The molecule has 0 bridgehead atoms. The molecule has 0 aliphatic rings. The monoisotopic (exact) mass is 422 g/mol. The number of carbonyl (C=O) groups excluding carboxylic acids is 1. The maximum Gasteiger partial charge on any atom is 2.00 e. The van der Waals surface area contributed by atoms with E-state index < -0.39 is 5.24 Å². The third kappa shape index (κ3) is 4.71. The second-order valence-electron chi connectivity index (χ2n) is 1.92. The largest absolute Gasteiger partial charge is 2.00 e. The first kappa shape index (κ1) is 15.5. The zero-order chi connectivity index (χ0) is 8.27. The zero-order valence-corrected chi connectivity index (χ0v) is 12.3. The molecule has 1 aromatic rings. The molecule has 0 fully saturated rings. The smallest absolute Gasteiger partial charge is 0.523 e. The molecule has 68 valence electrons. The average Bonchev–Trinajstić information content (AvgIpc) is 2.05. The number of hydrogen-bond acceptors (Lipinski definition) is 2. The van der Waals surface area contributed by atoms with Gasteiger partial charge in [-0.15, -0.1) is 12.1 Å². The van der Waals surface area contributed by atoms with E-state index in [4.69, 9.17) is 16.3 Å². The Hall–Kier alpha value is 0.0319. The fourth-order valence-corrected chi connectivity index (χ4v) is 0.802. The van der Waals surface area contributed by atoms with Gasteiger partial charge in [0.25, 0.3) is 0 Å². The van der Waals surface area contributed by atoms with Crippen molar-refractivity contribution in [2.24, 2.45) is 0 Å². The van der Waals surface area contributed by atoms with E-state index in [0.717, 1.165) is 0 Å². The first-order chi connectivity index (χ1) is 5.24. The van der Waals surface area contributed by atoms with Crippen molar-refractivity contribution in [1.29, 1.82) is 0 Å². The summed E-state index contributed by atoms with van der Waals surface area (Å²) >= 11 is 5.22. The van der Waals surface area contributed by atoms with E-state index in [1.165, 1.54) is 13.2 Å². The van der Waals surface area contributed by atoms with Crippen LogP contribution in [-0.2, 0) is 0 Å². The van der Waals surface area contributed by atoms with Crippen LogP contribution in [0.3, 0.4) is 0 Å². The number of benzene rings is 1. The standard InChI is InChI=1S/C8H6ClO2.CH3.U/c1-11-7-4-2-3-6(5-7)8(9)10;;/h2-3,5H,1H3;1H3;/q2*-1;+2. The molecule has 1 aromatic carbocycles. The van der Waals surface area contributed by atoms with Gasteiger partial charge in [0, 0.05) is 5.75 Å². The second kappa shape index (κ2) is 7.44. The van der Waals surface area contributed by atoms with Crippen LogP contribution >= 0.6 is 11.6 Å². The summed E-state index contributed by atoms with van der Waals surface area (Å²) in [5.74, 6) is 0.511. The summed E-state index contributed by atoms with van der Waals surface area (Å²) < 4.78 is 4.84. The summed E-state index contributed by atoms with van der Waals surface area (Å²) in [6.07, 6.45) is 0. The SMILES string of the molecule is COc1[c-]ccc(C(=O)Cl)c1.[CH3-].[U+2]. The number of rotatable bonds is 2. The van der Waals surface area contributed by atoms with Gasteiger partial charge in [0.15, 0.2) is 0 Å². The number of halogens is 1. The Bertz CT molecular complexity index is 276. The third-order valence-electron chi connectivity index (χ3n) is 1.22. The summed E-state index contributed by atoms with van der Waals surface area (Å²) in [7, 11) is 1.51. The minimum atomic E-state index is -0.489. The molecule has 0 aliphatic carbocycles. The molecular formula is C9H9ClO2U. The number of methoxy groups -OCH3 is 1. The van der Waals surface area contributed by atoms with Gasteiger partial charge in [-0.05, 0) is 11.6 Å². The predicted molar refractivity (Wildman–Crippen MR) is 48.4 cm³/mol. The van der Waals surface area contributed by atoms with Gasteiger partial charge in [0.05, 0.1) is 7.11 Å². The molecule has 0 heterocycles. The van der Waals surface area contributed by atoms with Crippen LogP contribution in [-0.4, -0.2) is 12.4 Å². The van der Waals surface area contributed by atoms with Gasteiger partial charge in [-0.25, -0.2) is 0 Å². The topological polar surface area (TPSA) is 26.3 Å². The zero-order valence-electron chi connectivity index (χ0n) is 7.43. The molecule has 0 N–H and O–H groups in total. The molecule has 0 saturated heterocycles. The van der Waals surface area contributed by atoms with Crippen molar-refractivity contribution in [3.63, 3.8) is 0 Å². The maximum atomic E-state index is 10.6. The molecule has 0 saturated carbocycles. The summed E-state index contributed by atoms with van der Waals surface area (Å²) in [6, 6.07) is 7.49. The summed E-state index contributed by atoms with van der Waals surface area (Å²) in [5.41, 5.74) is 0.419. The fourth-order valence-electron chi connectivity index (χ4n) is 0.685. The Morgan fingerprint density at radius 1 is 1.62 bits per heavy atom. The molecule has 2 nitrogen and oxygen atoms in total. The van der Waals surface area contributed by atoms with Gasteiger partial charge in [-0.3, -0.25) is 4.79 Å². The first-order valence-electron chi connectivity index (χ1n) is 2.99. The van der Waals surface area contributed by atoms with E-state index in [0.29, 0.717) is 11.3 Å². The van der Waals surface area contributed by atoms with E-state index in [2.05, 4.69) is 6.07 Å². The van der Waals surface area contributed by atoms with Crippen LogP contribution in [0.15, 0.2) is 18.2 Å². The maximum absolute atomic E-state index is 10.6. The molecular weight excluding hydrogens is 414 g/mol. The van der Waals surface area contributed by atoms with E-state index in [1.54, 1.807) is 12.1 Å². The molecule has 0 amide bonds. The van der Waals surface area contributed by atoms with Crippen molar-refractivity contribution < 1.29 is 40.6 Å². The summed E-state index contributed by atoms with van der Waals surface area (Å²) in [4.78, 5) is 10.6. The molecule has 0 radical (unpaired) electrons. The quantitative estimate of drug-likeness (QED) is 0.540. The van der Waals surface area contributed by atoms with Crippen molar-refractivity contribution in [2.45, 2.75) is 0 Å². The van der Waals surface area contributed by atoms with Crippen molar-refractivity contribution >= 4 is 16.8 Å². The van der Waals surface area contributed by atoms with Gasteiger partial charge >= 0.3 is 31.1 Å². The van der Waals surface area contributed by atoms with Gasteiger partial charge in [0.2, 0.25) is 5.24 Å². The van der Waals surface area contributed by atoms with E-state index in [-0.39, 0.29) is 38.5 Å². The molecule has 0 spiro atoms. The van der Waals surface area contributed by atoms with Crippen molar-refractivity contribution in [1.82, 2.24) is 0 Å². The fraction of sp³-hybridized carbons (Fsp3) is 0.111. The molecule has 13 heavy (non-hydrogen) atoms. The van der Waals surface area contributed by atoms with Gasteiger partial charge in [-0.1, -0.05) is 5.56 Å². The minimum Gasteiger partial charge on any atom is -0.523 e. The second-order valence-corrected chi connectivity index (χ2v) is 2.26. The third-order valence-corrected chi connectivity index (χ3v) is 1.44. The number of carbonyl (C=O) groups is 1. The van der Waals surface area contributed by atoms with Crippen LogP contribution in [0.5, 0.6) is 5.75 Å². The van der Waals surface area contributed by atoms with Gasteiger partial charge in [-0.2, -0.15) is 12.1 Å². The molecule has 0 atom stereocenters. The first-order valence-corrected chi connectivity index (χ1v) is 3.37. The van der Waals surface area contributed by atoms with Gasteiger partial charge in [0.1, 0.15) is 0 Å².